The number of pyridine rings is 1. The third-order valence-electron chi connectivity index (χ3n) is 3.48. The number of amides is 1. The van der Waals surface area contributed by atoms with Crippen molar-refractivity contribution >= 4 is 11.7 Å². The molecule has 1 amide bonds. The molecule has 6 heteroatoms. The molecule has 0 spiro atoms. The lowest BCUT2D eigenvalue weighted by molar-refractivity contribution is 0.0651. The molecule has 5 nitrogen and oxygen atoms in total. The third kappa shape index (κ3) is 3.01. The minimum absolute atomic E-state index is 0.158. The second-order valence-electron chi connectivity index (χ2n) is 4.72. The minimum atomic E-state index is -0.521. The van der Waals surface area contributed by atoms with E-state index in [4.69, 9.17) is 5.11 Å². The molecule has 1 aliphatic heterocycles. The number of nitrogens with one attached hydrogen (secondary N) is 1. The van der Waals surface area contributed by atoms with Crippen molar-refractivity contribution in [3.8, 4) is 0 Å². The zero-order chi connectivity index (χ0) is 13.8. The average Bonchev–Trinajstić information content (AvgIpc) is 2.46. The Kier molecular flexibility index (Phi) is 4.31. The summed E-state index contributed by atoms with van der Waals surface area (Å²) in [5.74, 6) is -0.0885. The van der Waals surface area contributed by atoms with E-state index in [2.05, 4.69) is 10.3 Å². The molecular formula is C13H18FN3O2. The number of rotatable bonds is 3. The number of piperidine rings is 1. The number of aliphatic hydroxyl groups excluding tert-OH is 1. The molecule has 1 fully saturated rings. The van der Waals surface area contributed by atoms with E-state index in [0.29, 0.717) is 18.9 Å². The lowest BCUT2D eigenvalue weighted by atomic mass is 9.97. The zero-order valence-corrected chi connectivity index (χ0v) is 10.9. The molecule has 19 heavy (non-hydrogen) atoms. The number of likely N-dealkylation sites (tertiary alicyclic amines) is 1. The van der Waals surface area contributed by atoms with Crippen LogP contribution in [-0.4, -0.2) is 47.6 Å². The predicted octanol–water partition coefficient (Wildman–Crippen LogP) is 1.11. The van der Waals surface area contributed by atoms with Crippen LogP contribution >= 0.6 is 0 Å². The molecule has 0 aliphatic carbocycles. The molecule has 2 rings (SSSR count). The highest BCUT2D eigenvalue weighted by atomic mass is 19.1. The van der Waals surface area contributed by atoms with E-state index in [1.165, 1.54) is 6.07 Å². The normalized spacial score (nSPS) is 16.5. The number of carbonyl (C=O) groups is 1. The van der Waals surface area contributed by atoms with Crippen LogP contribution in [0.2, 0.25) is 0 Å². The van der Waals surface area contributed by atoms with Crippen molar-refractivity contribution in [2.24, 2.45) is 5.92 Å². The molecule has 1 saturated heterocycles. The van der Waals surface area contributed by atoms with Crippen LogP contribution in [0, 0.1) is 11.7 Å². The number of aliphatic hydroxyl groups is 1. The van der Waals surface area contributed by atoms with Crippen molar-refractivity contribution < 1.29 is 14.3 Å². The van der Waals surface area contributed by atoms with Gasteiger partial charge in [-0.25, -0.2) is 9.37 Å². The summed E-state index contributed by atoms with van der Waals surface area (Å²) in [6.45, 7) is 1.33. The molecular weight excluding hydrogens is 249 g/mol. The second-order valence-corrected chi connectivity index (χ2v) is 4.72. The SMILES string of the molecule is CNc1ncc(F)cc1C(=O)N1CCC(CO)CC1. The van der Waals surface area contributed by atoms with Crippen molar-refractivity contribution in [3.63, 3.8) is 0 Å². The van der Waals surface area contributed by atoms with Crippen LogP contribution in [-0.2, 0) is 0 Å². The van der Waals surface area contributed by atoms with Gasteiger partial charge in [-0.3, -0.25) is 4.79 Å². The first kappa shape index (κ1) is 13.7. The summed E-state index contributed by atoms with van der Waals surface area (Å²) in [5.41, 5.74) is 0.255. The Hall–Kier alpha value is -1.69. The fraction of sp³-hybridized carbons (Fsp3) is 0.538. The lowest BCUT2D eigenvalue weighted by Crippen LogP contribution is -2.39. The highest BCUT2D eigenvalue weighted by Gasteiger charge is 2.25. The minimum Gasteiger partial charge on any atom is -0.396 e. The number of halogens is 1. The molecule has 2 N–H and O–H groups in total. The number of hydrogen-bond acceptors (Lipinski definition) is 4. The van der Waals surface area contributed by atoms with Crippen LogP contribution in [0.1, 0.15) is 23.2 Å². The van der Waals surface area contributed by atoms with E-state index in [1.54, 1.807) is 11.9 Å². The Morgan fingerprint density at radius 2 is 2.26 bits per heavy atom. The second kappa shape index (κ2) is 5.97. The summed E-state index contributed by atoms with van der Waals surface area (Å²) >= 11 is 0. The molecule has 0 bridgehead atoms. The molecule has 0 aromatic carbocycles. The molecule has 1 aliphatic rings. The first-order valence-corrected chi connectivity index (χ1v) is 6.39. The summed E-state index contributed by atoms with van der Waals surface area (Å²) in [5, 5.41) is 11.9. The van der Waals surface area contributed by atoms with Gasteiger partial charge in [-0.2, -0.15) is 0 Å². The van der Waals surface area contributed by atoms with Gasteiger partial charge in [0.1, 0.15) is 11.6 Å². The van der Waals surface area contributed by atoms with E-state index < -0.39 is 5.82 Å². The fourth-order valence-electron chi connectivity index (χ4n) is 2.29. The number of carbonyl (C=O) groups excluding carboxylic acids is 1. The standard InChI is InChI=1S/C13H18FN3O2/c1-15-12-11(6-10(14)7-16-12)13(19)17-4-2-9(8-18)3-5-17/h6-7,9,18H,2-5,8H2,1H3,(H,15,16). The van der Waals surface area contributed by atoms with Crippen molar-refractivity contribution in [1.29, 1.82) is 0 Å². The highest BCUT2D eigenvalue weighted by molar-refractivity contribution is 5.98. The van der Waals surface area contributed by atoms with Crippen LogP contribution < -0.4 is 5.32 Å². The van der Waals surface area contributed by atoms with Crippen LogP contribution in [0.3, 0.4) is 0 Å². The largest absolute Gasteiger partial charge is 0.396 e. The Balaban J connectivity index is 2.14. The maximum Gasteiger partial charge on any atom is 0.257 e. The van der Waals surface area contributed by atoms with Crippen LogP contribution in [0.25, 0.3) is 0 Å². The zero-order valence-electron chi connectivity index (χ0n) is 10.9. The maximum atomic E-state index is 13.2. The molecule has 0 radical (unpaired) electrons. The van der Waals surface area contributed by atoms with Crippen molar-refractivity contribution in [1.82, 2.24) is 9.88 Å². The van der Waals surface area contributed by atoms with E-state index in [-0.39, 0.29) is 24.0 Å². The molecule has 0 atom stereocenters. The van der Waals surface area contributed by atoms with Crippen molar-refractivity contribution in [2.45, 2.75) is 12.8 Å². The summed E-state index contributed by atoms with van der Waals surface area (Å²) in [7, 11) is 1.65. The topological polar surface area (TPSA) is 65.5 Å². The van der Waals surface area contributed by atoms with Gasteiger partial charge in [-0.1, -0.05) is 0 Å². The first-order valence-electron chi connectivity index (χ1n) is 6.39. The molecule has 0 saturated carbocycles. The highest BCUT2D eigenvalue weighted by Crippen LogP contribution is 2.21. The molecule has 1 aromatic rings. The Labute approximate surface area is 111 Å². The molecule has 104 valence electrons. The van der Waals surface area contributed by atoms with Gasteiger partial charge in [-0.05, 0) is 24.8 Å². The number of hydrogen-bond donors (Lipinski definition) is 2. The van der Waals surface area contributed by atoms with Gasteiger partial charge in [0, 0.05) is 26.7 Å². The van der Waals surface area contributed by atoms with Gasteiger partial charge in [0.05, 0.1) is 11.8 Å². The summed E-state index contributed by atoms with van der Waals surface area (Å²) < 4.78 is 13.2. The Bertz CT molecular complexity index is 459. The number of aromatic nitrogens is 1. The fourth-order valence-corrected chi connectivity index (χ4v) is 2.29. The van der Waals surface area contributed by atoms with Gasteiger partial charge >= 0.3 is 0 Å². The smallest absolute Gasteiger partial charge is 0.257 e. The van der Waals surface area contributed by atoms with E-state index >= 15 is 0 Å². The Morgan fingerprint density at radius 1 is 1.58 bits per heavy atom. The van der Waals surface area contributed by atoms with Gasteiger partial charge in [-0.15, -0.1) is 0 Å². The first-order chi connectivity index (χ1) is 9.15. The predicted molar refractivity (Wildman–Crippen MR) is 69.5 cm³/mol. The van der Waals surface area contributed by atoms with Gasteiger partial charge in [0.25, 0.3) is 5.91 Å². The van der Waals surface area contributed by atoms with Crippen LogP contribution in [0.4, 0.5) is 10.2 Å². The lowest BCUT2D eigenvalue weighted by Gasteiger charge is -2.31. The van der Waals surface area contributed by atoms with Gasteiger partial charge in [0.15, 0.2) is 0 Å². The van der Waals surface area contributed by atoms with E-state index in [1.807, 2.05) is 0 Å². The van der Waals surface area contributed by atoms with Crippen LogP contribution in [0.15, 0.2) is 12.3 Å². The van der Waals surface area contributed by atoms with Crippen LogP contribution in [0.5, 0.6) is 0 Å². The Morgan fingerprint density at radius 3 is 2.84 bits per heavy atom. The number of anilines is 1. The monoisotopic (exact) mass is 267 g/mol. The van der Waals surface area contributed by atoms with Gasteiger partial charge < -0.3 is 15.3 Å². The average molecular weight is 267 g/mol. The van der Waals surface area contributed by atoms with Crippen molar-refractivity contribution in [3.05, 3.63) is 23.6 Å². The van der Waals surface area contributed by atoms with Gasteiger partial charge in [0.2, 0.25) is 0 Å². The summed E-state index contributed by atoms with van der Waals surface area (Å²) in [4.78, 5) is 17.9. The van der Waals surface area contributed by atoms with Crippen molar-refractivity contribution in [2.75, 3.05) is 32.1 Å². The molecule has 0 unspecified atom stereocenters. The van der Waals surface area contributed by atoms with E-state index in [9.17, 15) is 9.18 Å². The summed E-state index contributed by atoms with van der Waals surface area (Å²) in [6.07, 6.45) is 2.64. The number of nitrogens with zero attached hydrogens (tertiary/aromatic N) is 2. The maximum absolute atomic E-state index is 13.2. The third-order valence-corrected chi connectivity index (χ3v) is 3.48. The molecule has 2 heterocycles. The molecule has 1 aromatic heterocycles. The van der Waals surface area contributed by atoms with E-state index in [0.717, 1.165) is 19.0 Å². The summed E-state index contributed by atoms with van der Waals surface area (Å²) in [6, 6.07) is 1.21. The quantitative estimate of drug-likeness (QED) is 0.861.